The van der Waals surface area contributed by atoms with Gasteiger partial charge in [-0.1, -0.05) is 20.3 Å². The lowest BCUT2D eigenvalue weighted by atomic mass is 9.80. The van der Waals surface area contributed by atoms with Gasteiger partial charge in [0.15, 0.2) is 6.29 Å². The fourth-order valence-corrected chi connectivity index (χ4v) is 2.20. The Morgan fingerprint density at radius 2 is 1.93 bits per heavy atom. The lowest BCUT2D eigenvalue weighted by Gasteiger charge is -2.33. The third kappa shape index (κ3) is 2.94. The highest BCUT2D eigenvalue weighted by Gasteiger charge is 2.36. The SMILES string of the molecule is CCCC(C)(CCCN)C1OCCO1. The van der Waals surface area contributed by atoms with E-state index in [-0.39, 0.29) is 11.7 Å². The van der Waals surface area contributed by atoms with Crippen LogP contribution in [0.1, 0.15) is 39.5 Å². The third-order valence-corrected chi connectivity index (χ3v) is 2.96. The first-order chi connectivity index (χ1) is 6.73. The van der Waals surface area contributed by atoms with Crippen LogP contribution >= 0.6 is 0 Å². The molecule has 1 saturated heterocycles. The van der Waals surface area contributed by atoms with Crippen molar-refractivity contribution in [3.63, 3.8) is 0 Å². The topological polar surface area (TPSA) is 44.5 Å². The quantitative estimate of drug-likeness (QED) is 0.714. The van der Waals surface area contributed by atoms with Crippen LogP contribution in [-0.2, 0) is 9.47 Å². The summed E-state index contributed by atoms with van der Waals surface area (Å²) in [7, 11) is 0. The van der Waals surface area contributed by atoms with E-state index in [0.717, 1.165) is 39.0 Å². The van der Waals surface area contributed by atoms with Gasteiger partial charge in [0, 0.05) is 5.41 Å². The number of hydrogen-bond donors (Lipinski definition) is 1. The van der Waals surface area contributed by atoms with Gasteiger partial charge in [-0.25, -0.2) is 0 Å². The summed E-state index contributed by atoms with van der Waals surface area (Å²) in [6, 6.07) is 0. The second-order valence-corrected chi connectivity index (χ2v) is 4.37. The fraction of sp³-hybridized carbons (Fsp3) is 1.00. The summed E-state index contributed by atoms with van der Waals surface area (Å²) in [4.78, 5) is 0. The molecule has 3 heteroatoms. The maximum Gasteiger partial charge on any atom is 0.163 e. The van der Waals surface area contributed by atoms with Crippen LogP contribution in [-0.4, -0.2) is 26.0 Å². The molecular formula is C11H23NO2. The predicted molar refractivity (Wildman–Crippen MR) is 57.0 cm³/mol. The van der Waals surface area contributed by atoms with Gasteiger partial charge in [0.1, 0.15) is 0 Å². The highest BCUT2D eigenvalue weighted by atomic mass is 16.7. The molecule has 0 amide bonds. The van der Waals surface area contributed by atoms with E-state index in [4.69, 9.17) is 15.2 Å². The highest BCUT2D eigenvalue weighted by molar-refractivity contribution is 4.80. The van der Waals surface area contributed by atoms with Gasteiger partial charge >= 0.3 is 0 Å². The fourth-order valence-electron chi connectivity index (χ4n) is 2.20. The van der Waals surface area contributed by atoms with E-state index in [0.29, 0.717) is 0 Å². The summed E-state index contributed by atoms with van der Waals surface area (Å²) in [6.07, 6.45) is 4.47. The average Bonchev–Trinajstić information content (AvgIpc) is 2.68. The van der Waals surface area contributed by atoms with Crippen LogP contribution < -0.4 is 5.73 Å². The van der Waals surface area contributed by atoms with Gasteiger partial charge in [0.25, 0.3) is 0 Å². The van der Waals surface area contributed by atoms with Gasteiger partial charge < -0.3 is 15.2 Å². The van der Waals surface area contributed by atoms with Gasteiger partial charge in [-0.3, -0.25) is 0 Å². The summed E-state index contributed by atoms with van der Waals surface area (Å²) < 4.78 is 11.2. The van der Waals surface area contributed by atoms with Gasteiger partial charge in [0.05, 0.1) is 13.2 Å². The van der Waals surface area contributed by atoms with E-state index in [1.54, 1.807) is 0 Å². The summed E-state index contributed by atoms with van der Waals surface area (Å²) >= 11 is 0. The summed E-state index contributed by atoms with van der Waals surface area (Å²) in [5.41, 5.74) is 5.71. The summed E-state index contributed by atoms with van der Waals surface area (Å²) in [5.74, 6) is 0. The molecule has 0 aliphatic carbocycles. The molecule has 0 aromatic heterocycles. The first-order valence-corrected chi connectivity index (χ1v) is 5.66. The van der Waals surface area contributed by atoms with E-state index in [1.165, 1.54) is 6.42 Å². The summed E-state index contributed by atoms with van der Waals surface area (Å²) in [6.45, 7) is 6.70. The molecular weight excluding hydrogens is 178 g/mol. The molecule has 0 saturated carbocycles. The van der Waals surface area contributed by atoms with Gasteiger partial charge in [0.2, 0.25) is 0 Å². The Morgan fingerprint density at radius 1 is 1.29 bits per heavy atom. The van der Waals surface area contributed by atoms with E-state index in [1.807, 2.05) is 0 Å². The molecule has 1 fully saturated rings. The first-order valence-electron chi connectivity index (χ1n) is 5.66. The molecule has 1 rings (SSSR count). The Hall–Kier alpha value is -0.120. The zero-order valence-corrected chi connectivity index (χ0v) is 9.42. The van der Waals surface area contributed by atoms with Crippen molar-refractivity contribution >= 4 is 0 Å². The molecule has 1 heterocycles. The number of nitrogens with two attached hydrogens (primary N) is 1. The first kappa shape index (κ1) is 12.0. The number of ether oxygens (including phenoxy) is 2. The van der Waals surface area contributed by atoms with Crippen molar-refractivity contribution < 1.29 is 9.47 Å². The minimum Gasteiger partial charge on any atom is -0.350 e. The summed E-state index contributed by atoms with van der Waals surface area (Å²) in [5, 5.41) is 0. The predicted octanol–water partition coefficient (Wildman–Crippen LogP) is 1.90. The van der Waals surface area contributed by atoms with Crippen LogP contribution in [0, 0.1) is 5.41 Å². The third-order valence-electron chi connectivity index (χ3n) is 2.96. The van der Waals surface area contributed by atoms with E-state index in [9.17, 15) is 0 Å². The Morgan fingerprint density at radius 3 is 2.43 bits per heavy atom. The monoisotopic (exact) mass is 201 g/mol. The van der Waals surface area contributed by atoms with Crippen LogP contribution in [0.5, 0.6) is 0 Å². The molecule has 14 heavy (non-hydrogen) atoms. The molecule has 1 aliphatic rings. The number of rotatable bonds is 6. The molecule has 0 radical (unpaired) electrons. The van der Waals surface area contributed by atoms with Crippen molar-refractivity contribution in [1.29, 1.82) is 0 Å². The Balaban J connectivity index is 2.49. The zero-order valence-electron chi connectivity index (χ0n) is 9.42. The molecule has 0 bridgehead atoms. The molecule has 2 N–H and O–H groups in total. The molecule has 84 valence electrons. The van der Waals surface area contributed by atoms with Crippen LogP contribution in [0.25, 0.3) is 0 Å². The largest absolute Gasteiger partial charge is 0.350 e. The minimum absolute atomic E-state index is 0.00556. The van der Waals surface area contributed by atoms with Crippen molar-refractivity contribution in [3.8, 4) is 0 Å². The second kappa shape index (κ2) is 5.69. The lowest BCUT2D eigenvalue weighted by Crippen LogP contribution is -2.33. The molecule has 1 atom stereocenters. The minimum atomic E-state index is -0.00556. The molecule has 1 aliphatic heterocycles. The van der Waals surface area contributed by atoms with E-state index < -0.39 is 0 Å². The highest BCUT2D eigenvalue weighted by Crippen LogP contribution is 2.36. The number of hydrogen-bond acceptors (Lipinski definition) is 3. The van der Waals surface area contributed by atoms with E-state index >= 15 is 0 Å². The van der Waals surface area contributed by atoms with Gasteiger partial charge in [-0.05, 0) is 25.8 Å². The van der Waals surface area contributed by atoms with Crippen molar-refractivity contribution in [1.82, 2.24) is 0 Å². The zero-order chi connectivity index (χ0) is 10.4. The second-order valence-electron chi connectivity index (χ2n) is 4.37. The van der Waals surface area contributed by atoms with Crippen molar-refractivity contribution in [2.45, 2.75) is 45.8 Å². The maximum atomic E-state index is 5.60. The standard InChI is InChI=1S/C11H23NO2/c1-3-5-11(2,6-4-7-12)10-13-8-9-14-10/h10H,3-9,12H2,1-2H3. The molecule has 3 nitrogen and oxygen atoms in total. The van der Waals surface area contributed by atoms with Crippen LogP contribution in [0.2, 0.25) is 0 Å². The Kier molecular flexibility index (Phi) is 4.85. The van der Waals surface area contributed by atoms with Crippen LogP contribution in [0.4, 0.5) is 0 Å². The average molecular weight is 201 g/mol. The molecule has 1 unspecified atom stereocenters. The molecule has 0 aromatic rings. The van der Waals surface area contributed by atoms with Crippen molar-refractivity contribution in [2.75, 3.05) is 19.8 Å². The Labute approximate surface area is 86.9 Å². The van der Waals surface area contributed by atoms with Crippen LogP contribution in [0.3, 0.4) is 0 Å². The van der Waals surface area contributed by atoms with Gasteiger partial charge in [-0.2, -0.15) is 0 Å². The van der Waals surface area contributed by atoms with Crippen molar-refractivity contribution in [2.24, 2.45) is 11.1 Å². The Bertz CT molecular complexity index is 157. The normalized spacial score (nSPS) is 22.5. The molecule has 0 aromatic carbocycles. The molecule has 0 spiro atoms. The van der Waals surface area contributed by atoms with Crippen LogP contribution in [0.15, 0.2) is 0 Å². The van der Waals surface area contributed by atoms with Gasteiger partial charge in [-0.15, -0.1) is 0 Å². The van der Waals surface area contributed by atoms with Crippen molar-refractivity contribution in [3.05, 3.63) is 0 Å². The lowest BCUT2D eigenvalue weighted by molar-refractivity contribution is -0.133. The maximum absolute atomic E-state index is 5.60. The van der Waals surface area contributed by atoms with E-state index in [2.05, 4.69) is 13.8 Å². The smallest absolute Gasteiger partial charge is 0.163 e.